The molecule has 13 heteroatoms. The SMILES string of the molecule is CCCc1cc(C(=O)Nc2c(O)c3ccc(O[C@@H]4OC(C)(C)[C@H](OC)[C@@H](O)[C@H]4OC(=O)c4ccc(C)[nH]4)c(C)c3oc2=O)ccc1O. The number of fused-ring (bicyclic) bond motifs is 1. The van der Waals surface area contributed by atoms with E-state index in [0.29, 0.717) is 12.0 Å². The first-order chi connectivity index (χ1) is 22.2. The number of nitrogens with one attached hydrogen (secondary N) is 2. The second-order valence-electron chi connectivity index (χ2n) is 12.0. The summed E-state index contributed by atoms with van der Waals surface area (Å²) in [6.07, 6.45) is -3.61. The minimum absolute atomic E-state index is 0.0290. The summed E-state index contributed by atoms with van der Waals surface area (Å²) in [4.78, 5) is 41.9. The van der Waals surface area contributed by atoms with Gasteiger partial charge in [-0.2, -0.15) is 0 Å². The highest BCUT2D eigenvalue weighted by molar-refractivity contribution is 6.06. The Hall–Kier alpha value is -4.85. The molecule has 2 aromatic heterocycles. The van der Waals surface area contributed by atoms with Gasteiger partial charge in [-0.25, -0.2) is 9.59 Å². The Morgan fingerprint density at radius 1 is 1.09 bits per heavy atom. The lowest BCUT2D eigenvalue weighted by Crippen LogP contribution is -2.64. The zero-order valence-electron chi connectivity index (χ0n) is 26.9. The van der Waals surface area contributed by atoms with Crippen LogP contribution in [0.4, 0.5) is 5.69 Å². The summed E-state index contributed by atoms with van der Waals surface area (Å²) in [7, 11) is 1.40. The summed E-state index contributed by atoms with van der Waals surface area (Å²) in [5, 5.41) is 34.9. The molecule has 1 saturated heterocycles. The number of aromatic hydroxyl groups is 2. The van der Waals surface area contributed by atoms with Crippen molar-refractivity contribution < 1.29 is 48.3 Å². The van der Waals surface area contributed by atoms with Crippen molar-refractivity contribution in [2.75, 3.05) is 12.4 Å². The number of aromatic nitrogens is 1. The van der Waals surface area contributed by atoms with Crippen LogP contribution in [0.2, 0.25) is 0 Å². The van der Waals surface area contributed by atoms with Crippen LogP contribution in [0.15, 0.2) is 51.7 Å². The highest BCUT2D eigenvalue weighted by atomic mass is 16.7. The summed E-state index contributed by atoms with van der Waals surface area (Å²) in [6, 6.07) is 10.5. The van der Waals surface area contributed by atoms with Crippen LogP contribution in [0, 0.1) is 13.8 Å². The van der Waals surface area contributed by atoms with Crippen LogP contribution in [0.5, 0.6) is 17.2 Å². The lowest BCUT2D eigenvalue weighted by Gasteiger charge is -2.47. The molecule has 1 amide bonds. The van der Waals surface area contributed by atoms with Crippen LogP contribution >= 0.6 is 0 Å². The van der Waals surface area contributed by atoms with Gasteiger partial charge in [-0.15, -0.1) is 0 Å². The molecule has 4 atom stereocenters. The number of carbonyl (C=O) groups is 2. The molecular formula is C34H38N2O11. The van der Waals surface area contributed by atoms with Crippen molar-refractivity contribution in [2.24, 2.45) is 0 Å². The monoisotopic (exact) mass is 650 g/mol. The van der Waals surface area contributed by atoms with Crippen LogP contribution in [-0.4, -0.2) is 69.5 Å². The van der Waals surface area contributed by atoms with E-state index >= 15 is 0 Å². The van der Waals surface area contributed by atoms with Gasteiger partial charge in [0.1, 0.15) is 35.0 Å². The molecule has 5 rings (SSSR count). The van der Waals surface area contributed by atoms with E-state index in [1.54, 1.807) is 39.8 Å². The van der Waals surface area contributed by atoms with Crippen LogP contribution < -0.4 is 15.7 Å². The van der Waals surface area contributed by atoms with Crippen LogP contribution in [0.1, 0.15) is 64.9 Å². The normalized spacial score (nSPS) is 20.6. The van der Waals surface area contributed by atoms with E-state index in [1.807, 2.05) is 6.92 Å². The number of carbonyl (C=O) groups excluding carboxylic acids is 2. The van der Waals surface area contributed by atoms with Gasteiger partial charge >= 0.3 is 11.6 Å². The predicted molar refractivity (Wildman–Crippen MR) is 170 cm³/mol. The Labute approximate surface area is 270 Å². The number of amides is 1. The third kappa shape index (κ3) is 6.55. The van der Waals surface area contributed by atoms with Crippen LogP contribution in [0.3, 0.4) is 0 Å². The molecule has 1 aliphatic rings. The molecule has 2 aromatic carbocycles. The first kappa shape index (κ1) is 33.5. The molecule has 0 aliphatic carbocycles. The molecule has 0 bridgehead atoms. The number of methoxy groups -OCH3 is 1. The van der Waals surface area contributed by atoms with Gasteiger partial charge in [0.05, 0.1) is 11.0 Å². The van der Waals surface area contributed by atoms with Gasteiger partial charge in [0.15, 0.2) is 17.5 Å². The smallest absolute Gasteiger partial charge is 0.364 e. The summed E-state index contributed by atoms with van der Waals surface area (Å²) in [5.74, 6) is -1.75. The Morgan fingerprint density at radius 3 is 2.49 bits per heavy atom. The third-order valence-corrected chi connectivity index (χ3v) is 8.16. The van der Waals surface area contributed by atoms with Gasteiger partial charge in [0, 0.05) is 23.9 Å². The van der Waals surface area contributed by atoms with Crippen molar-refractivity contribution in [1.29, 1.82) is 0 Å². The molecule has 1 fully saturated rings. The van der Waals surface area contributed by atoms with E-state index in [0.717, 1.165) is 12.1 Å². The van der Waals surface area contributed by atoms with Crippen LogP contribution in [0.25, 0.3) is 11.0 Å². The van der Waals surface area contributed by atoms with E-state index in [2.05, 4.69) is 10.3 Å². The first-order valence-electron chi connectivity index (χ1n) is 15.1. The largest absolute Gasteiger partial charge is 0.508 e. The zero-order chi connectivity index (χ0) is 34.2. The summed E-state index contributed by atoms with van der Waals surface area (Å²) in [5.41, 5.74) is -0.643. The Bertz CT molecular complexity index is 1880. The van der Waals surface area contributed by atoms with Gasteiger partial charge in [0.25, 0.3) is 5.91 Å². The van der Waals surface area contributed by atoms with E-state index in [4.69, 9.17) is 23.4 Å². The summed E-state index contributed by atoms with van der Waals surface area (Å²) >= 11 is 0. The number of ether oxygens (including phenoxy) is 4. The number of esters is 1. The molecule has 13 nitrogen and oxygen atoms in total. The number of aliphatic hydroxyl groups excluding tert-OH is 1. The third-order valence-electron chi connectivity index (χ3n) is 8.16. The molecule has 250 valence electrons. The first-order valence-corrected chi connectivity index (χ1v) is 15.1. The second-order valence-corrected chi connectivity index (χ2v) is 12.0. The van der Waals surface area contributed by atoms with Crippen LogP contribution in [-0.2, 0) is 20.6 Å². The molecule has 5 N–H and O–H groups in total. The fraction of sp³-hybridized carbons (Fsp3) is 0.382. The van der Waals surface area contributed by atoms with Crippen molar-refractivity contribution in [3.63, 3.8) is 0 Å². The number of anilines is 1. The molecular weight excluding hydrogens is 612 g/mol. The van der Waals surface area contributed by atoms with Gasteiger partial charge < -0.3 is 49.0 Å². The maximum Gasteiger partial charge on any atom is 0.364 e. The lowest BCUT2D eigenvalue weighted by molar-refractivity contribution is -0.305. The number of aliphatic hydroxyl groups is 1. The molecule has 0 spiro atoms. The minimum atomic E-state index is -1.35. The highest BCUT2D eigenvalue weighted by Gasteiger charge is 2.53. The average Bonchev–Trinajstić information content (AvgIpc) is 3.46. The minimum Gasteiger partial charge on any atom is -0.508 e. The van der Waals surface area contributed by atoms with Gasteiger partial charge in [0.2, 0.25) is 6.29 Å². The Morgan fingerprint density at radius 2 is 1.83 bits per heavy atom. The number of aryl methyl sites for hydroxylation is 3. The second kappa shape index (κ2) is 13.1. The van der Waals surface area contributed by atoms with Gasteiger partial charge in [-0.05, 0) is 82.1 Å². The fourth-order valence-corrected chi connectivity index (χ4v) is 5.74. The number of phenols is 1. The van der Waals surface area contributed by atoms with Crippen molar-refractivity contribution >= 4 is 28.5 Å². The molecule has 47 heavy (non-hydrogen) atoms. The number of hydrogen-bond acceptors (Lipinski definition) is 11. The number of hydrogen-bond donors (Lipinski definition) is 5. The van der Waals surface area contributed by atoms with E-state index in [9.17, 15) is 29.7 Å². The number of benzene rings is 2. The number of aromatic amines is 1. The maximum atomic E-state index is 13.1. The number of H-pyrrole nitrogens is 1. The van der Waals surface area contributed by atoms with E-state index in [-0.39, 0.29) is 39.3 Å². The molecule has 0 radical (unpaired) electrons. The topological polar surface area (TPSA) is 190 Å². The van der Waals surface area contributed by atoms with E-state index in [1.165, 1.54) is 37.4 Å². The lowest BCUT2D eigenvalue weighted by atomic mass is 9.89. The molecule has 3 heterocycles. The predicted octanol–water partition coefficient (Wildman–Crippen LogP) is 4.47. The zero-order valence-corrected chi connectivity index (χ0v) is 26.9. The highest BCUT2D eigenvalue weighted by Crippen LogP contribution is 2.39. The van der Waals surface area contributed by atoms with Crippen molar-refractivity contribution in [2.45, 2.75) is 77.7 Å². The number of rotatable bonds is 9. The molecule has 4 aromatic rings. The van der Waals surface area contributed by atoms with Gasteiger partial charge in [-0.1, -0.05) is 13.3 Å². The van der Waals surface area contributed by atoms with E-state index < -0.39 is 59.1 Å². The van der Waals surface area contributed by atoms with Crippen molar-refractivity contribution in [3.05, 3.63) is 81.0 Å². The average molecular weight is 651 g/mol. The van der Waals surface area contributed by atoms with Crippen molar-refractivity contribution in [3.8, 4) is 17.2 Å². The standard InChI is InChI=1S/C34H38N2O11/c1-7-8-18-15-19(10-13-22(18)37)30(40)36-24-25(38)20-11-14-23(17(3)27(20)45-32(24)42)44-33-28(26(39)29(43-6)34(4,5)47-33)46-31(41)21-12-9-16(2)35-21/h9-15,26,28-29,33,35,37-39H,7-8H2,1-6H3,(H,36,40)/t26-,28+,29+,33+/m0/s1. The summed E-state index contributed by atoms with van der Waals surface area (Å²) in [6.45, 7) is 8.67. The molecule has 1 aliphatic heterocycles. The Kier molecular flexibility index (Phi) is 9.34. The quantitative estimate of drug-likeness (QED) is 0.127. The molecule has 0 unspecified atom stereocenters. The van der Waals surface area contributed by atoms with Crippen molar-refractivity contribution in [1.82, 2.24) is 4.98 Å². The maximum absolute atomic E-state index is 13.1. The van der Waals surface area contributed by atoms with Gasteiger partial charge in [-0.3, -0.25) is 4.79 Å². The fourth-order valence-electron chi connectivity index (χ4n) is 5.74. The number of phenolic OH excluding ortho intramolecular Hbond substituents is 1. The Balaban J connectivity index is 1.45. The molecule has 0 saturated carbocycles. The summed E-state index contributed by atoms with van der Waals surface area (Å²) < 4.78 is 29.0.